The van der Waals surface area contributed by atoms with E-state index in [0.717, 1.165) is 5.75 Å². The fourth-order valence-corrected chi connectivity index (χ4v) is 2.50. The molecular weight excluding hydrogens is 232 g/mol. The molecule has 0 aliphatic rings. The second-order valence-corrected chi connectivity index (χ2v) is 5.56. The largest absolute Gasteiger partial charge is 0.394 e. The van der Waals surface area contributed by atoms with Gasteiger partial charge in [0.1, 0.15) is 0 Å². The molecule has 17 heavy (non-hydrogen) atoms. The minimum absolute atomic E-state index is 0.158. The average molecular weight is 254 g/mol. The van der Waals surface area contributed by atoms with Gasteiger partial charge in [-0.15, -0.1) is 11.8 Å². The third kappa shape index (κ3) is 5.11. The van der Waals surface area contributed by atoms with E-state index < -0.39 is 6.10 Å². The molecule has 0 spiro atoms. The molecule has 0 heterocycles. The summed E-state index contributed by atoms with van der Waals surface area (Å²) < 4.78 is 0. The summed E-state index contributed by atoms with van der Waals surface area (Å²) in [6.07, 6.45) is 1.18. The van der Waals surface area contributed by atoms with Crippen molar-refractivity contribution in [3.63, 3.8) is 0 Å². The van der Waals surface area contributed by atoms with E-state index in [1.54, 1.807) is 0 Å². The Morgan fingerprint density at radius 1 is 1.24 bits per heavy atom. The lowest BCUT2D eigenvalue weighted by Crippen LogP contribution is -2.14. The summed E-state index contributed by atoms with van der Waals surface area (Å²) in [6, 6.07) is 8.51. The maximum absolute atomic E-state index is 9.41. The molecule has 1 aromatic carbocycles. The van der Waals surface area contributed by atoms with Crippen molar-refractivity contribution in [1.29, 1.82) is 0 Å². The van der Waals surface area contributed by atoms with E-state index in [1.807, 2.05) is 11.8 Å². The molecule has 1 rings (SSSR count). The fraction of sp³-hybridized carbons (Fsp3) is 0.571. The van der Waals surface area contributed by atoms with Gasteiger partial charge in [-0.1, -0.05) is 26.0 Å². The van der Waals surface area contributed by atoms with Crippen molar-refractivity contribution in [3.05, 3.63) is 29.8 Å². The molecule has 2 unspecified atom stereocenters. The van der Waals surface area contributed by atoms with Crippen LogP contribution in [0, 0.1) is 0 Å². The predicted molar refractivity (Wildman–Crippen MR) is 73.6 cm³/mol. The third-order valence-corrected chi connectivity index (χ3v) is 3.98. The summed E-state index contributed by atoms with van der Waals surface area (Å²) in [5.41, 5.74) is 1.22. The van der Waals surface area contributed by atoms with Crippen LogP contribution >= 0.6 is 11.8 Å². The molecule has 0 amide bonds. The molecule has 1 aromatic rings. The van der Waals surface area contributed by atoms with Gasteiger partial charge >= 0.3 is 0 Å². The van der Waals surface area contributed by atoms with Gasteiger partial charge in [0, 0.05) is 4.90 Å². The van der Waals surface area contributed by atoms with Crippen molar-refractivity contribution in [2.24, 2.45) is 0 Å². The Morgan fingerprint density at radius 2 is 1.88 bits per heavy atom. The second kappa shape index (κ2) is 7.75. The lowest BCUT2D eigenvalue weighted by molar-refractivity contribution is 0.0835. The summed E-state index contributed by atoms with van der Waals surface area (Å²) >= 11 is 1.87. The lowest BCUT2D eigenvalue weighted by Gasteiger charge is -2.15. The van der Waals surface area contributed by atoms with E-state index in [1.165, 1.54) is 16.9 Å². The SMILES string of the molecule is CCCSc1ccc(C(C)CC(O)CO)cc1. The maximum Gasteiger partial charge on any atom is 0.0776 e. The van der Waals surface area contributed by atoms with Gasteiger partial charge in [-0.25, -0.2) is 0 Å². The van der Waals surface area contributed by atoms with Crippen molar-refractivity contribution in [2.75, 3.05) is 12.4 Å². The van der Waals surface area contributed by atoms with Crippen molar-refractivity contribution >= 4 is 11.8 Å². The van der Waals surface area contributed by atoms with E-state index in [4.69, 9.17) is 5.11 Å². The van der Waals surface area contributed by atoms with Crippen LogP contribution < -0.4 is 0 Å². The third-order valence-electron chi connectivity index (χ3n) is 2.76. The van der Waals surface area contributed by atoms with Gasteiger partial charge < -0.3 is 10.2 Å². The molecule has 0 aliphatic carbocycles. The van der Waals surface area contributed by atoms with Gasteiger partial charge in [-0.3, -0.25) is 0 Å². The minimum Gasteiger partial charge on any atom is -0.394 e. The Bertz CT molecular complexity index is 311. The van der Waals surface area contributed by atoms with Crippen molar-refractivity contribution in [2.45, 2.75) is 43.6 Å². The summed E-state index contributed by atoms with van der Waals surface area (Å²) in [6.45, 7) is 4.10. The summed E-state index contributed by atoms with van der Waals surface area (Å²) in [4.78, 5) is 1.30. The van der Waals surface area contributed by atoms with Gasteiger partial charge in [-0.2, -0.15) is 0 Å². The molecule has 3 heteroatoms. The first-order valence-corrected chi connectivity index (χ1v) is 7.17. The molecule has 96 valence electrons. The van der Waals surface area contributed by atoms with Gasteiger partial charge in [0.25, 0.3) is 0 Å². The first kappa shape index (κ1) is 14.6. The van der Waals surface area contributed by atoms with Gasteiger partial charge in [-0.05, 0) is 42.2 Å². The van der Waals surface area contributed by atoms with Crippen LogP contribution in [0.3, 0.4) is 0 Å². The zero-order chi connectivity index (χ0) is 12.7. The Balaban J connectivity index is 2.54. The standard InChI is InChI=1S/C14H22O2S/c1-3-8-17-14-6-4-12(5-7-14)11(2)9-13(16)10-15/h4-7,11,13,15-16H,3,8-10H2,1-2H3. The van der Waals surface area contributed by atoms with Crippen LogP contribution in [0.15, 0.2) is 29.2 Å². The van der Waals surface area contributed by atoms with Crippen LogP contribution in [0.25, 0.3) is 0 Å². The smallest absolute Gasteiger partial charge is 0.0776 e. The molecule has 0 aliphatic heterocycles. The fourth-order valence-electron chi connectivity index (χ4n) is 1.73. The van der Waals surface area contributed by atoms with Crippen LogP contribution in [0.1, 0.15) is 38.2 Å². The number of aliphatic hydroxyl groups excluding tert-OH is 2. The molecule has 0 saturated heterocycles. The van der Waals surface area contributed by atoms with E-state index in [0.29, 0.717) is 6.42 Å². The molecule has 2 atom stereocenters. The first-order chi connectivity index (χ1) is 8.17. The van der Waals surface area contributed by atoms with Crippen molar-refractivity contribution in [1.82, 2.24) is 0 Å². The van der Waals surface area contributed by atoms with E-state index >= 15 is 0 Å². The lowest BCUT2D eigenvalue weighted by atomic mass is 9.95. The predicted octanol–water partition coefficient (Wildman–Crippen LogP) is 3.04. The Morgan fingerprint density at radius 3 is 2.41 bits per heavy atom. The van der Waals surface area contributed by atoms with E-state index in [9.17, 15) is 5.11 Å². The second-order valence-electron chi connectivity index (χ2n) is 4.39. The van der Waals surface area contributed by atoms with Gasteiger partial charge in [0.2, 0.25) is 0 Å². The average Bonchev–Trinajstić information content (AvgIpc) is 2.36. The Hall–Kier alpha value is -0.510. The van der Waals surface area contributed by atoms with Crippen LogP contribution in [0.5, 0.6) is 0 Å². The number of hydrogen-bond donors (Lipinski definition) is 2. The Kier molecular flexibility index (Phi) is 6.63. The quantitative estimate of drug-likeness (QED) is 0.735. The number of thioether (sulfide) groups is 1. The highest BCUT2D eigenvalue weighted by Gasteiger charge is 2.11. The highest BCUT2D eigenvalue weighted by molar-refractivity contribution is 7.99. The number of aliphatic hydroxyl groups is 2. The maximum atomic E-state index is 9.41. The zero-order valence-electron chi connectivity index (χ0n) is 10.6. The van der Waals surface area contributed by atoms with Crippen LogP contribution in [-0.4, -0.2) is 28.7 Å². The normalized spacial score (nSPS) is 14.6. The summed E-state index contributed by atoms with van der Waals surface area (Å²) in [7, 11) is 0. The zero-order valence-corrected chi connectivity index (χ0v) is 11.4. The number of hydrogen-bond acceptors (Lipinski definition) is 3. The number of benzene rings is 1. The molecule has 0 radical (unpaired) electrons. The number of rotatable bonds is 7. The monoisotopic (exact) mass is 254 g/mol. The van der Waals surface area contributed by atoms with Crippen LogP contribution in [-0.2, 0) is 0 Å². The van der Waals surface area contributed by atoms with Crippen molar-refractivity contribution in [3.8, 4) is 0 Å². The van der Waals surface area contributed by atoms with Gasteiger partial charge in [0.15, 0.2) is 0 Å². The summed E-state index contributed by atoms with van der Waals surface area (Å²) in [5, 5.41) is 18.2. The highest BCUT2D eigenvalue weighted by Crippen LogP contribution is 2.24. The molecule has 0 bridgehead atoms. The van der Waals surface area contributed by atoms with Gasteiger partial charge in [0.05, 0.1) is 12.7 Å². The minimum atomic E-state index is -0.612. The van der Waals surface area contributed by atoms with Crippen molar-refractivity contribution < 1.29 is 10.2 Å². The molecule has 2 nitrogen and oxygen atoms in total. The highest BCUT2D eigenvalue weighted by atomic mass is 32.2. The van der Waals surface area contributed by atoms with E-state index in [2.05, 4.69) is 38.1 Å². The first-order valence-electron chi connectivity index (χ1n) is 6.19. The molecule has 0 saturated carbocycles. The molecule has 2 N–H and O–H groups in total. The van der Waals surface area contributed by atoms with E-state index in [-0.39, 0.29) is 12.5 Å². The Labute approximate surface area is 108 Å². The molecular formula is C14H22O2S. The molecule has 0 aromatic heterocycles. The summed E-state index contributed by atoms with van der Waals surface area (Å²) in [5.74, 6) is 1.43. The van der Waals surface area contributed by atoms with Crippen LogP contribution in [0.4, 0.5) is 0 Å². The van der Waals surface area contributed by atoms with Crippen LogP contribution in [0.2, 0.25) is 0 Å². The molecule has 0 fully saturated rings. The topological polar surface area (TPSA) is 40.5 Å².